The van der Waals surface area contributed by atoms with Crippen LogP contribution in [0.5, 0.6) is 5.88 Å². The van der Waals surface area contributed by atoms with Crippen molar-refractivity contribution in [1.29, 1.82) is 0 Å². The van der Waals surface area contributed by atoms with Gasteiger partial charge in [-0.3, -0.25) is 4.90 Å². The fourth-order valence-electron chi connectivity index (χ4n) is 4.40. The van der Waals surface area contributed by atoms with E-state index in [4.69, 9.17) is 21.3 Å². The maximum absolute atomic E-state index is 14.1. The Balaban J connectivity index is 0.00000533. The molecule has 1 aromatic carbocycles. The van der Waals surface area contributed by atoms with E-state index in [2.05, 4.69) is 18.1 Å². The van der Waals surface area contributed by atoms with Crippen molar-refractivity contribution in [2.75, 3.05) is 26.7 Å². The number of halogens is 2. The second kappa shape index (κ2) is 16.2. The van der Waals surface area contributed by atoms with Gasteiger partial charge in [0.05, 0.1) is 0 Å². The molecule has 5 nitrogen and oxygen atoms in total. The molecule has 3 rings (SSSR count). The Hall–Kier alpha value is -2.17. The Morgan fingerprint density at radius 1 is 1.31 bits per heavy atom. The Morgan fingerprint density at radius 3 is 2.64 bits per heavy atom. The second-order valence-electron chi connectivity index (χ2n) is 9.50. The summed E-state index contributed by atoms with van der Waals surface area (Å²) in [7, 11) is 1.97. The molecule has 2 aromatic rings. The van der Waals surface area contributed by atoms with Crippen LogP contribution in [-0.4, -0.2) is 47.8 Å². The van der Waals surface area contributed by atoms with E-state index < -0.39 is 0 Å². The standard InChI is InChI=1S/C31H36ClFN3O2.U/c1-6-22(3)30(17-24(7-2)20-37)35(5)23(4)19-36-15-13-25(14-16-36)29-9-8-10-31(34-29)38-21-26-11-12-27(32)18-28(26)33;/h6,8-12,17-18,25H,1,4,7,13-16,19,21H2,2-3,5H3;/q-1;/b24-17+,30-22+;. The molecule has 0 unspecified atom stereocenters. The third-order valence-electron chi connectivity index (χ3n) is 6.92. The third kappa shape index (κ3) is 9.46. The topological polar surface area (TPSA) is 45.7 Å². The Bertz CT molecular complexity index is 1220. The summed E-state index contributed by atoms with van der Waals surface area (Å²) in [5, 5.41) is 0.357. The van der Waals surface area contributed by atoms with Gasteiger partial charge in [0.2, 0.25) is 5.88 Å². The molecule has 1 aromatic heterocycles. The first-order valence-electron chi connectivity index (χ1n) is 12.8. The summed E-state index contributed by atoms with van der Waals surface area (Å²) >= 11 is 5.83. The van der Waals surface area contributed by atoms with Gasteiger partial charge in [-0.05, 0) is 68.6 Å². The van der Waals surface area contributed by atoms with E-state index in [0.717, 1.165) is 55.1 Å². The number of hydrogen-bond acceptors (Lipinski definition) is 5. The van der Waals surface area contributed by atoms with Crippen LogP contribution in [0.2, 0.25) is 5.02 Å². The average Bonchev–Trinajstić information content (AvgIpc) is 2.93. The normalized spacial score (nSPS) is 15.2. The number of pyridine rings is 1. The van der Waals surface area contributed by atoms with E-state index in [9.17, 15) is 9.18 Å². The van der Waals surface area contributed by atoms with Crippen LogP contribution in [-0.2, 0) is 11.4 Å². The van der Waals surface area contributed by atoms with Gasteiger partial charge in [-0.1, -0.05) is 56.3 Å². The molecule has 1 fully saturated rings. The maximum Gasteiger partial charge on any atom is 0.213 e. The number of allylic oxidation sites excluding steroid dienone is 4. The van der Waals surface area contributed by atoms with E-state index >= 15 is 0 Å². The van der Waals surface area contributed by atoms with Crippen molar-refractivity contribution >= 4 is 17.9 Å². The van der Waals surface area contributed by atoms with Crippen molar-refractivity contribution in [3.05, 3.63) is 106 Å². The van der Waals surface area contributed by atoms with Crippen molar-refractivity contribution in [3.8, 4) is 5.88 Å². The fourth-order valence-corrected chi connectivity index (χ4v) is 4.56. The minimum Gasteiger partial charge on any atom is -0.473 e. The summed E-state index contributed by atoms with van der Waals surface area (Å²) < 4.78 is 19.8. The van der Waals surface area contributed by atoms with E-state index in [-0.39, 0.29) is 43.5 Å². The van der Waals surface area contributed by atoms with E-state index in [0.29, 0.717) is 34.4 Å². The van der Waals surface area contributed by atoms with Gasteiger partial charge < -0.3 is 14.4 Å². The SMILES string of the molecule is C=C/C(C)=C(\C=C(\[C-]=O)CC)N(C)C(=C)CN1CCC(c2cccc(OCc3ccc(Cl)cc3F)n2)CC1.[U]. The van der Waals surface area contributed by atoms with Crippen molar-refractivity contribution in [2.24, 2.45) is 0 Å². The minimum atomic E-state index is -0.389. The molecule has 0 saturated carbocycles. The molecule has 206 valence electrons. The van der Waals surface area contributed by atoms with Crippen LogP contribution in [0.25, 0.3) is 0 Å². The Kier molecular flexibility index (Phi) is 13.7. The molecule has 0 radical (unpaired) electrons. The first kappa shape index (κ1) is 33.0. The molecule has 0 aliphatic carbocycles. The first-order valence-corrected chi connectivity index (χ1v) is 13.2. The predicted molar refractivity (Wildman–Crippen MR) is 152 cm³/mol. The monoisotopic (exact) mass is 774 g/mol. The van der Waals surface area contributed by atoms with E-state index in [1.54, 1.807) is 24.3 Å². The van der Waals surface area contributed by atoms with Gasteiger partial charge in [-0.15, -0.1) is 0 Å². The van der Waals surface area contributed by atoms with Gasteiger partial charge in [0, 0.05) is 78.7 Å². The van der Waals surface area contributed by atoms with Crippen LogP contribution in [0.3, 0.4) is 0 Å². The number of piperidine rings is 1. The summed E-state index contributed by atoms with van der Waals surface area (Å²) in [5.74, 6) is 0.419. The summed E-state index contributed by atoms with van der Waals surface area (Å²) in [4.78, 5) is 20.4. The van der Waals surface area contributed by atoms with Gasteiger partial charge in [0.25, 0.3) is 0 Å². The van der Waals surface area contributed by atoms with Crippen LogP contribution in [0, 0.1) is 36.9 Å². The summed E-state index contributed by atoms with van der Waals surface area (Å²) in [5.41, 5.74) is 4.86. The number of likely N-dealkylation sites (N-methyl/N-ethyl adjacent to an activating group) is 1. The van der Waals surface area contributed by atoms with Gasteiger partial charge in [0.15, 0.2) is 0 Å². The van der Waals surface area contributed by atoms with Crippen LogP contribution in [0.15, 0.2) is 84.2 Å². The maximum atomic E-state index is 14.1. The molecule has 0 atom stereocenters. The molecule has 1 aliphatic rings. The quantitative estimate of drug-likeness (QED) is 0.132. The van der Waals surface area contributed by atoms with Crippen LogP contribution >= 0.6 is 11.6 Å². The van der Waals surface area contributed by atoms with Crippen molar-refractivity contribution in [1.82, 2.24) is 14.8 Å². The van der Waals surface area contributed by atoms with Crippen molar-refractivity contribution in [3.63, 3.8) is 0 Å². The Morgan fingerprint density at radius 2 is 2.03 bits per heavy atom. The summed E-state index contributed by atoms with van der Waals surface area (Å²) in [6.45, 7) is 14.8. The van der Waals surface area contributed by atoms with Crippen LogP contribution < -0.4 is 4.74 Å². The minimum absolute atomic E-state index is 0. The zero-order valence-electron chi connectivity index (χ0n) is 23.0. The van der Waals surface area contributed by atoms with Crippen molar-refractivity contribution in [2.45, 2.75) is 45.6 Å². The number of hydrogen-bond donors (Lipinski definition) is 0. The molecule has 0 spiro atoms. The van der Waals surface area contributed by atoms with E-state index in [1.807, 2.05) is 50.3 Å². The van der Waals surface area contributed by atoms with Gasteiger partial charge >= 0.3 is 0 Å². The molecule has 1 saturated heterocycles. The largest absolute Gasteiger partial charge is 0.473 e. The molecule has 8 heteroatoms. The zero-order valence-corrected chi connectivity index (χ0v) is 27.9. The molecule has 39 heavy (non-hydrogen) atoms. The zero-order chi connectivity index (χ0) is 27.7. The van der Waals surface area contributed by atoms with Gasteiger partial charge in [-0.25, -0.2) is 9.37 Å². The molecular weight excluding hydrogens is 739 g/mol. The number of nitrogens with zero attached hydrogens (tertiary/aromatic N) is 3. The number of ether oxygens (including phenoxy) is 1. The number of likely N-dealkylation sites (tertiary alicyclic amines) is 1. The van der Waals surface area contributed by atoms with Gasteiger partial charge in [-0.2, -0.15) is 11.6 Å². The van der Waals surface area contributed by atoms with E-state index in [1.165, 1.54) is 6.07 Å². The Labute approximate surface area is 260 Å². The first-order chi connectivity index (χ1) is 18.2. The fraction of sp³-hybridized carbons (Fsp3) is 0.355. The summed E-state index contributed by atoms with van der Waals surface area (Å²) in [6, 6.07) is 10.3. The second-order valence-corrected chi connectivity index (χ2v) is 9.93. The average molecular weight is 775 g/mol. The van der Waals surface area contributed by atoms with Crippen LogP contribution in [0.4, 0.5) is 4.39 Å². The molecule has 0 bridgehead atoms. The molecule has 1 aliphatic heterocycles. The van der Waals surface area contributed by atoms with Crippen LogP contribution in [0.1, 0.15) is 50.3 Å². The number of carbonyl (C=O) groups excluding carboxylic acids is 1. The van der Waals surface area contributed by atoms with Gasteiger partial charge in [0.1, 0.15) is 12.4 Å². The summed E-state index contributed by atoms with van der Waals surface area (Å²) in [6.07, 6.45) is 8.22. The molecular formula is C31H36ClFN3O2U-. The predicted octanol–water partition coefficient (Wildman–Crippen LogP) is 6.98. The van der Waals surface area contributed by atoms with Crippen molar-refractivity contribution < 1.29 is 45.0 Å². The number of rotatable bonds is 12. The molecule has 0 amide bonds. The smallest absolute Gasteiger partial charge is 0.213 e. The number of aromatic nitrogens is 1. The molecule has 2 heterocycles. The molecule has 0 N–H and O–H groups in total. The third-order valence-corrected chi connectivity index (χ3v) is 7.15. The number of benzene rings is 1.